The van der Waals surface area contributed by atoms with Gasteiger partial charge in [0.05, 0.1) is 24.6 Å². The fourth-order valence-electron chi connectivity index (χ4n) is 3.62. The van der Waals surface area contributed by atoms with Crippen molar-refractivity contribution in [2.45, 2.75) is 19.8 Å². The van der Waals surface area contributed by atoms with Gasteiger partial charge in [-0.1, -0.05) is 19.1 Å². The minimum atomic E-state index is 0.777. The number of hydrogen-bond donors (Lipinski definition) is 1. The van der Waals surface area contributed by atoms with E-state index >= 15 is 0 Å². The molecule has 6 nitrogen and oxygen atoms in total. The van der Waals surface area contributed by atoms with Gasteiger partial charge in [0.1, 0.15) is 18.0 Å². The maximum atomic E-state index is 5.48. The number of rotatable bonds is 4. The first kappa shape index (κ1) is 17.1. The Kier molecular flexibility index (Phi) is 5.20. The lowest BCUT2D eigenvalue weighted by atomic mass is 9.99. The third-order valence-electron chi connectivity index (χ3n) is 5.28. The number of nitrogens with zero attached hydrogens (tertiary/aromatic N) is 4. The number of benzene rings is 1. The molecule has 4 rings (SSSR count). The van der Waals surface area contributed by atoms with Crippen LogP contribution in [0.5, 0.6) is 0 Å². The summed E-state index contributed by atoms with van der Waals surface area (Å²) in [7, 11) is 0. The molecule has 2 aliphatic heterocycles. The van der Waals surface area contributed by atoms with Crippen LogP contribution in [-0.2, 0) is 4.74 Å². The highest BCUT2D eigenvalue weighted by Crippen LogP contribution is 2.30. The Morgan fingerprint density at radius 3 is 2.58 bits per heavy atom. The summed E-state index contributed by atoms with van der Waals surface area (Å²) in [5.41, 5.74) is 2.27. The van der Waals surface area contributed by atoms with E-state index < -0.39 is 0 Å². The molecule has 0 spiro atoms. The van der Waals surface area contributed by atoms with Gasteiger partial charge in [-0.2, -0.15) is 0 Å². The van der Waals surface area contributed by atoms with Gasteiger partial charge in [0.25, 0.3) is 0 Å². The smallest absolute Gasteiger partial charge is 0.135 e. The topological polar surface area (TPSA) is 53.5 Å². The molecule has 6 heteroatoms. The summed E-state index contributed by atoms with van der Waals surface area (Å²) < 4.78 is 5.48. The Morgan fingerprint density at radius 2 is 1.77 bits per heavy atom. The molecule has 0 saturated carbocycles. The number of nitrogens with one attached hydrogen (secondary N) is 1. The van der Waals surface area contributed by atoms with E-state index in [1.807, 2.05) is 0 Å². The van der Waals surface area contributed by atoms with Crippen LogP contribution in [0.15, 0.2) is 36.7 Å². The van der Waals surface area contributed by atoms with Crippen LogP contribution < -0.4 is 15.1 Å². The Morgan fingerprint density at radius 1 is 1.00 bits per heavy atom. The Hall–Kier alpha value is -2.34. The highest BCUT2D eigenvalue weighted by Gasteiger charge is 2.18. The predicted octanol–water partition coefficient (Wildman–Crippen LogP) is 3.29. The van der Waals surface area contributed by atoms with Gasteiger partial charge in [0.15, 0.2) is 0 Å². The van der Waals surface area contributed by atoms with Crippen molar-refractivity contribution < 1.29 is 4.74 Å². The van der Waals surface area contributed by atoms with Crippen LogP contribution in [0.3, 0.4) is 0 Å². The molecule has 1 N–H and O–H groups in total. The Labute approximate surface area is 155 Å². The van der Waals surface area contributed by atoms with E-state index in [0.717, 1.165) is 62.6 Å². The minimum Gasteiger partial charge on any atom is -0.378 e. The summed E-state index contributed by atoms with van der Waals surface area (Å²) in [6.07, 6.45) is 4.12. The lowest BCUT2D eigenvalue weighted by Crippen LogP contribution is -2.36. The standard InChI is InChI=1S/C20H27N5O/c1-16-6-8-25(9-7-16)20-14-19(21-15-22-20)23-17-4-2-3-5-18(17)24-10-12-26-13-11-24/h2-5,14-16H,6-13H2,1H3,(H,21,22,23). The minimum absolute atomic E-state index is 0.777. The van der Waals surface area contributed by atoms with Crippen molar-refractivity contribution in [3.63, 3.8) is 0 Å². The largest absolute Gasteiger partial charge is 0.378 e. The summed E-state index contributed by atoms with van der Waals surface area (Å²) in [6.45, 7) is 7.86. The number of aromatic nitrogens is 2. The first-order valence-corrected chi connectivity index (χ1v) is 9.55. The van der Waals surface area contributed by atoms with Gasteiger partial charge in [-0.25, -0.2) is 9.97 Å². The van der Waals surface area contributed by atoms with Crippen LogP contribution in [0.4, 0.5) is 23.0 Å². The molecule has 1 aromatic heterocycles. The zero-order valence-corrected chi connectivity index (χ0v) is 15.4. The average molecular weight is 353 g/mol. The van der Waals surface area contributed by atoms with Gasteiger partial charge in [0.2, 0.25) is 0 Å². The van der Waals surface area contributed by atoms with Gasteiger partial charge in [-0.15, -0.1) is 0 Å². The van der Waals surface area contributed by atoms with Gasteiger partial charge in [-0.05, 0) is 30.9 Å². The second kappa shape index (κ2) is 7.91. The SMILES string of the molecule is CC1CCN(c2cc(Nc3ccccc3N3CCOCC3)ncn2)CC1. The lowest BCUT2D eigenvalue weighted by Gasteiger charge is -2.31. The molecule has 3 heterocycles. The van der Waals surface area contributed by atoms with Crippen LogP contribution in [0, 0.1) is 5.92 Å². The number of hydrogen-bond acceptors (Lipinski definition) is 6. The molecule has 0 radical (unpaired) electrons. The van der Waals surface area contributed by atoms with Gasteiger partial charge in [0, 0.05) is 32.2 Å². The molecular formula is C20H27N5O. The van der Waals surface area contributed by atoms with Crippen molar-refractivity contribution in [1.82, 2.24) is 9.97 Å². The maximum absolute atomic E-state index is 5.48. The summed E-state index contributed by atoms with van der Waals surface area (Å²) in [5.74, 6) is 2.67. The van der Waals surface area contributed by atoms with Crippen molar-refractivity contribution >= 4 is 23.0 Å². The molecule has 2 aromatic rings. The van der Waals surface area contributed by atoms with Crippen LogP contribution >= 0.6 is 0 Å². The molecule has 0 amide bonds. The maximum Gasteiger partial charge on any atom is 0.135 e. The van der Waals surface area contributed by atoms with Crippen LogP contribution in [-0.4, -0.2) is 49.4 Å². The van der Waals surface area contributed by atoms with Gasteiger partial charge in [-0.3, -0.25) is 0 Å². The molecular weight excluding hydrogens is 326 g/mol. The number of anilines is 4. The number of para-hydroxylation sites is 2. The molecule has 0 bridgehead atoms. The normalized spacial score (nSPS) is 18.8. The first-order chi connectivity index (χ1) is 12.8. The summed E-state index contributed by atoms with van der Waals surface area (Å²) >= 11 is 0. The molecule has 2 aliphatic rings. The van der Waals surface area contributed by atoms with Crippen molar-refractivity contribution in [3.8, 4) is 0 Å². The third kappa shape index (κ3) is 3.90. The predicted molar refractivity (Wildman–Crippen MR) is 105 cm³/mol. The van der Waals surface area contributed by atoms with Gasteiger partial charge < -0.3 is 19.9 Å². The second-order valence-corrected chi connectivity index (χ2v) is 7.17. The molecule has 0 atom stereocenters. The number of morpholine rings is 1. The quantitative estimate of drug-likeness (QED) is 0.910. The molecule has 0 aliphatic carbocycles. The summed E-state index contributed by atoms with van der Waals surface area (Å²) in [5, 5.41) is 3.50. The first-order valence-electron chi connectivity index (χ1n) is 9.55. The van der Waals surface area contributed by atoms with Crippen LogP contribution in [0.2, 0.25) is 0 Å². The van der Waals surface area contributed by atoms with Crippen LogP contribution in [0.1, 0.15) is 19.8 Å². The Bertz CT molecular complexity index is 724. The van der Waals surface area contributed by atoms with E-state index in [9.17, 15) is 0 Å². The van der Waals surface area contributed by atoms with E-state index in [-0.39, 0.29) is 0 Å². The zero-order chi connectivity index (χ0) is 17.8. The molecule has 2 saturated heterocycles. The van der Waals surface area contributed by atoms with E-state index in [0.29, 0.717) is 0 Å². The van der Waals surface area contributed by atoms with E-state index in [2.05, 4.69) is 62.3 Å². The third-order valence-corrected chi connectivity index (χ3v) is 5.28. The molecule has 2 fully saturated rings. The number of piperidine rings is 1. The van der Waals surface area contributed by atoms with E-state index in [1.165, 1.54) is 18.5 Å². The fourth-order valence-corrected chi connectivity index (χ4v) is 3.62. The van der Waals surface area contributed by atoms with Crippen molar-refractivity contribution in [3.05, 3.63) is 36.7 Å². The van der Waals surface area contributed by atoms with Crippen molar-refractivity contribution in [1.29, 1.82) is 0 Å². The fraction of sp³-hybridized carbons (Fsp3) is 0.500. The average Bonchev–Trinajstić information content (AvgIpc) is 2.70. The second-order valence-electron chi connectivity index (χ2n) is 7.17. The molecule has 0 unspecified atom stereocenters. The summed E-state index contributed by atoms with van der Waals surface area (Å²) in [6, 6.07) is 10.5. The van der Waals surface area contributed by atoms with Crippen LogP contribution in [0.25, 0.3) is 0 Å². The highest BCUT2D eigenvalue weighted by atomic mass is 16.5. The lowest BCUT2D eigenvalue weighted by molar-refractivity contribution is 0.123. The highest BCUT2D eigenvalue weighted by molar-refractivity contribution is 5.74. The molecule has 26 heavy (non-hydrogen) atoms. The van der Waals surface area contributed by atoms with Crippen molar-refractivity contribution in [2.75, 3.05) is 54.5 Å². The number of ether oxygens (including phenoxy) is 1. The molecule has 138 valence electrons. The van der Waals surface area contributed by atoms with E-state index in [1.54, 1.807) is 6.33 Å². The zero-order valence-electron chi connectivity index (χ0n) is 15.4. The Balaban J connectivity index is 1.52. The van der Waals surface area contributed by atoms with Crippen molar-refractivity contribution in [2.24, 2.45) is 5.92 Å². The molecule has 1 aromatic carbocycles. The summed E-state index contributed by atoms with van der Waals surface area (Å²) in [4.78, 5) is 13.7. The van der Waals surface area contributed by atoms with E-state index in [4.69, 9.17) is 4.74 Å². The monoisotopic (exact) mass is 353 g/mol. The van der Waals surface area contributed by atoms with Gasteiger partial charge >= 0.3 is 0 Å².